The van der Waals surface area contributed by atoms with Gasteiger partial charge in [-0.05, 0) is 30.3 Å². The van der Waals surface area contributed by atoms with Gasteiger partial charge in [0.2, 0.25) is 5.39 Å². The minimum absolute atomic E-state index is 0.590. The maximum absolute atomic E-state index is 9.11. The molecule has 0 amide bonds. The van der Waals surface area contributed by atoms with Gasteiger partial charge in [-0.25, -0.2) is 0 Å². The molecule has 3 aromatic carbocycles. The number of diazo groups is 1. The first-order chi connectivity index (χ1) is 10.9. The van der Waals surface area contributed by atoms with Crippen LogP contribution in [0.4, 0.5) is 5.69 Å². The van der Waals surface area contributed by atoms with E-state index in [4.69, 9.17) is 5.39 Å². The second-order valence-electron chi connectivity index (χ2n) is 4.53. The van der Waals surface area contributed by atoms with Gasteiger partial charge in [0.1, 0.15) is 4.90 Å². The Morgan fingerprint density at radius 1 is 0.591 bits per heavy atom. The molecule has 3 aromatic rings. The summed E-state index contributed by atoms with van der Waals surface area (Å²) in [4.78, 5) is 7.83. The molecular formula is C18H13N2S2+. The van der Waals surface area contributed by atoms with Crippen LogP contribution in [0.3, 0.4) is 0 Å². The number of hydrogen-bond donors (Lipinski definition) is 0. The molecule has 4 heteroatoms. The SMILES string of the molecule is N#[N+]c1ccccc1Sc1ccccc1Sc1ccccc1. The minimum atomic E-state index is 0.590. The van der Waals surface area contributed by atoms with E-state index in [1.54, 1.807) is 29.6 Å². The first kappa shape index (κ1) is 14.7. The van der Waals surface area contributed by atoms with Crippen LogP contribution in [0, 0.1) is 5.39 Å². The molecule has 0 radical (unpaired) electrons. The van der Waals surface area contributed by atoms with Gasteiger partial charge in [0.05, 0.1) is 0 Å². The summed E-state index contributed by atoms with van der Waals surface area (Å²) in [6.07, 6.45) is 0. The molecule has 22 heavy (non-hydrogen) atoms. The monoisotopic (exact) mass is 321 g/mol. The lowest BCUT2D eigenvalue weighted by molar-refractivity contribution is 1.23. The molecule has 0 heterocycles. The second-order valence-corrected chi connectivity index (χ2v) is 6.73. The van der Waals surface area contributed by atoms with Crippen LogP contribution in [0.2, 0.25) is 0 Å². The van der Waals surface area contributed by atoms with Crippen LogP contribution in [-0.2, 0) is 0 Å². The van der Waals surface area contributed by atoms with E-state index in [0.717, 1.165) is 9.79 Å². The van der Waals surface area contributed by atoms with E-state index >= 15 is 0 Å². The largest absolute Gasteiger partial charge is 0.398 e. The zero-order valence-electron chi connectivity index (χ0n) is 11.7. The van der Waals surface area contributed by atoms with Crippen LogP contribution < -0.4 is 0 Å². The van der Waals surface area contributed by atoms with Gasteiger partial charge < -0.3 is 0 Å². The summed E-state index contributed by atoms with van der Waals surface area (Å²) in [7, 11) is 0. The summed E-state index contributed by atoms with van der Waals surface area (Å²) in [5, 5.41) is 9.11. The number of rotatable bonds is 4. The van der Waals surface area contributed by atoms with Crippen LogP contribution in [0.1, 0.15) is 0 Å². The third kappa shape index (κ3) is 3.51. The van der Waals surface area contributed by atoms with Crippen LogP contribution in [0.5, 0.6) is 0 Å². The van der Waals surface area contributed by atoms with Gasteiger partial charge in [-0.2, -0.15) is 0 Å². The Morgan fingerprint density at radius 3 is 1.82 bits per heavy atom. The fraction of sp³-hybridized carbons (Fsp3) is 0. The van der Waals surface area contributed by atoms with E-state index in [-0.39, 0.29) is 0 Å². The summed E-state index contributed by atoms with van der Waals surface area (Å²) in [5.74, 6) is 0. The third-order valence-corrected chi connectivity index (χ3v) is 5.37. The molecule has 0 unspecified atom stereocenters. The van der Waals surface area contributed by atoms with E-state index in [9.17, 15) is 0 Å². The van der Waals surface area contributed by atoms with Crippen molar-refractivity contribution in [1.29, 1.82) is 5.39 Å². The standard InChI is InChI=1S/C18H13N2S2/c19-20-15-10-4-5-11-16(15)22-18-13-7-6-12-17(18)21-14-8-2-1-3-9-14/h1-13H/q+1. The summed E-state index contributed by atoms with van der Waals surface area (Å²) < 4.78 is 0. The highest BCUT2D eigenvalue weighted by Gasteiger charge is 2.15. The van der Waals surface area contributed by atoms with Crippen molar-refractivity contribution in [2.24, 2.45) is 0 Å². The van der Waals surface area contributed by atoms with Gasteiger partial charge in [0.15, 0.2) is 4.98 Å². The van der Waals surface area contributed by atoms with E-state index in [0.29, 0.717) is 5.69 Å². The number of nitrogens with zero attached hydrogens (tertiary/aromatic N) is 2. The predicted molar refractivity (Wildman–Crippen MR) is 92.3 cm³/mol. The first-order valence-electron chi connectivity index (χ1n) is 6.81. The Bertz CT molecular complexity index is 811. The van der Waals surface area contributed by atoms with Crippen molar-refractivity contribution < 1.29 is 0 Å². The summed E-state index contributed by atoms with van der Waals surface area (Å²) in [5.41, 5.74) is 0.590. The first-order valence-corrected chi connectivity index (χ1v) is 8.44. The van der Waals surface area contributed by atoms with Gasteiger partial charge in [-0.1, -0.05) is 66.0 Å². The smallest absolute Gasteiger partial charge is 0.0889 e. The van der Waals surface area contributed by atoms with Crippen molar-refractivity contribution >= 4 is 29.2 Å². The highest BCUT2D eigenvalue weighted by molar-refractivity contribution is 8.02. The zero-order chi connectivity index (χ0) is 15.2. The van der Waals surface area contributed by atoms with Crippen molar-refractivity contribution in [1.82, 2.24) is 0 Å². The Morgan fingerprint density at radius 2 is 1.14 bits per heavy atom. The van der Waals surface area contributed by atoms with Crippen LogP contribution >= 0.6 is 23.5 Å². The van der Waals surface area contributed by atoms with Crippen molar-refractivity contribution in [2.45, 2.75) is 19.6 Å². The molecule has 0 aliphatic heterocycles. The summed E-state index contributed by atoms with van der Waals surface area (Å²) >= 11 is 3.34. The molecule has 0 saturated heterocycles. The maximum atomic E-state index is 9.11. The van der Waals surface area contributed by atoms with Gasteiger partial charge >= 0.3 is 5.69 Å². The Hall–Kier alpha value is -2.22. The van der Waals surface area contributed by atoms with Crippen molar-refractivity contribution in [3.8, 4) is 0 Å². The molecule has 3 rings (SSSR count). The Labute approximate surface area is 138 Å². The molecule has 0 bridgehead atoms. The van der Waals surface area contributed by atoms with Gasteiger partial charge in [-0.15, -0.1) is 0 Å². The van der Waals surface area contributed by atoms with Crippen LogP contribution in [0.15, 0.2) is 98.4 Å². The maximum Gasteiger partial charge on any atom is 0.398 e. The summed E-state index contributed by atoms with van der Waals surface area (Å²) in [6, 6.07) is 26.1. The quantitative estimate of drug-likeness (QED) is 0.515. The van der Waals surface area contributed by atoms with Crippen molar-refractivity contribution in [3.05, 3.63) is 83.8 Å². The van der Waals surface area contributed by atoms with E-state index in [1.807, 2.05) is 48.5 Å². The lowest BCUT2D eigenvalue weighted by Crippen LogP contribution is -1.80. The topological polar surface area (TPSA) is 28.1 Å². The molecule has 0 atom stereocenters. The lowest BCUT2D eigenvalue weighted by atomic mass is 10.3. The molecule has 0 aliphatic rings. The van der Waals surface area contributed by atoms with Gasteiger partial charge in [0, 0.05) is 20.8 Å². The highest BCUT2D eigenvalue weighted by atomic mass is 32.2. The molecule has 0 fully saturated rings. The van der Waals surface area contributed by atoms with Crippen LogP contribution in [-0.4, -0.2) is 0 Å². The van der Waals surface area contributed by atoms with Crippen molar-refractivity contribution in [2.75, 3.05) is 0 Å². The van der Waals surface area contributed by atoms with E-state index < -0.39 is 0 Å². The average Bonchev–Trinajstić information content (AvgIpc) is 2.58. The van der Waals surface area contributed by atoms with Crippen LogP contribution in [0.25, 0.3) is 4.98 Å². The Kier molecular flexibility index (Phi) is 4.79. The van der Waals surface area contributed by atoms with E-state index in [2.05, 4.69) is 29.2 Å². The fourth-order valence-electron chi connectivity index (χ4n) is 1.98. The minimum Gasteiger partial charge on any atom is -0.0889 e. The number of benzene rings is 3. The number of hydrogen-bond acceptors (Lipinski definition) is 3. The molecule has 0 saturated carbocycles. The zero-order valence-corrected chi connectivity index (χ0v) is 13.3. The van der Waals surface area contributed by atoms with Crippen molar-refractivity contribution in [3.63, 3.8) is 0 Å². The van der Waals surface area contributed by atoms with E-state index in [1.165, 1.54) is 9.79 Å². The molecule has 106 valence electrons. The molecule has 0 aromatic heterocycles. The average molecular weight is 321 g/mol. The third-order valence-electron chi connectivity index (χ3n) is 3.01. The summed E-state index contributed by atoms with van der Waals surface area (Å²) in [6.45, 7) is 0. The molecule has 0 N–H and O–H groups in total. The normalized spacial score (nSPS) is 10.1. The predicted octanol–water partition coefficient (Wildman–Crippen LogP) is 6.47. The van der Waals surface area contributed by atoms with Gasteiger partial charge in [0.25, 0.3) is 0 Å². The Balaban J connectivity index is 1.90. The molecular weight excluding hydrogens is 308 g/mol. The lowest BCUT2D eigenvalue weighted by Gasteiger charge is -2.07. The second kappa shape index (κ2) is 7.17. The molecule has 2 nitrogen and oxygen atoms in total. The van der Waals surface area contributed by atoms with Gasteiger partial charge in [-0.3, -0.25) is 0 Å². The molecule has 0 aliphatic carbocycles. The fourth-order valence-corrected chi connectivity index (χ4v) is 4.00. The highest BCUT2D eigenvalue weighted by Crippen LogP contribution is 2.41. The molecule has 0 spiro atoms.